The molecule has 8 nitrogen and oxygen atoms in total. The number of aryl methyl sites for hydroxylation is 1. The van der Waals surface area contributed by atoms with Crippen molar-refractivity contribution in [1.29, 1.82) is 0 Å². The molecule has 2 aromatic rings. The number of carbonyl (C=O) groups is 2. The van der Waals surface area contributed by atoms with Crippen LogP contribution in [0.3, 0.4) is 0 Å². The molecule has 0 unspecified atom stereocenters. The predicted octanol–water partition coefficient (Wildman–Crippen LogP) is -0.147. The van der Waals surface area contributed by atoms with Crippen LogP contribution in [0.4, 0.5) is 0 Å². The van der Waals surface area contributed by atoms with Crippen molar-refractivity contribution in [3.63, 3.8) is 0 Å². The second-order valence-electron chi connectivity index (χ2n) is 5.02. The highest BCUT2D eigenvalue weighted by Crippen LogP contribution is 2.17. The first-order valence-electron chi connectivity index (χ1n) is 6.78. The minimum absolute atomic E-state index is 0.0504. The monoisotopic (exact) mass is 302 g/mol. The Morgan fingerprint density at radius 3 is 2.68 bits per heavy atom. The molecular weight excluding hydrogens is 284 g/mol. The molecule has 0 aliphatic rings. The Morgan fingerprint density at radius 1 is 1.27 bits per heavy atom. The minimum Gasteiger partial charge on any atom is -0.347 e. The number of nitrogens with one attached hydrogen (secondary N) is 1. The van der Waals surface area contributed by atoms with Gasteiger partial charge in [0.15, 0.2) is 0 Å². The van der Waals surface area contributed by atoms with Crippen molar-refractivity contribution in [1.82, 2.24) is 30.4 Å². The maximum Gasteiger partial charge on any atom is 0.244 e. The van der Waals surface area contributed by atoms with Crippen molar-refractivity contribution in [3.05, 3.63) is 29.8 Å². The minimum atomic E-state index is -0.344. The van der Waals surface area contributed by atoms with Crippen molar-refractivity contribution < 1.29 is 9.59 Å². The van der Waals surface area contributed by atoms with Gasteiger partial charge in [0.25, 0.3) is 0 Å². The van der Waals surface area contributed by atoms with Gasteiger partial charge >= 0.3 is 0 Å². The highest BCUT2D eigenvalue weighted by molar-refractivity contribution is 5.84. The lowest BCUT2D eigenvalue weighted by Crippen LogP contribution is -2.38. The zero-order valence-corrected chi connectivity index (χ0v) is 12.8. The van der Waals surface area contributed by atoms with Crippen LogP contribution in [0, 0.1) is 6.92 Å². The zero-order chi connectivity index (χ0) is 16.1. The Balaban J connectivity index is 1.96. The van der Waals surface area contributed by atoms with Gasteiger partial charge in [-0.1, -0.05) is 24.3 Å². The Bertz CT molecular complexity index is 679. The van der Waals surface area contributed by atoms with Gasteiger partial charge < -0.3 is 10.2 Å². The molecule has 2 rings (SSSR count). The smallest absolute Gasteiger partial charge is 0.244 e. The first-order valence-corrected chi connectivity index (χ1v) is 6.78. The summed E-state index contributed by atoms with van der Waals surface area (Å²) in [5.74, 6) is -0.0558. The summed E-state index contributed by atoms with van der Waals surface area (Å²) in [7, 11) is 3.25. The SMILES string of the molecule is Cc1ccccc1-c1nnn(CC(=O)NCC(=O)N(C)C)n1. The van der Waals surface area contributed by atoms with E-state index < -0.39 is 0 Å². The van der Waals surface area contributed by atoms with E-state index in [2.05, 4.69) is 20.7 Å². The summed E-state index contributed by atoms with van der Waals surface area (Å²) in [6.45, 7) is 1.82. The molecule has 2 amide bonds. The lowest BCUT2D eigenvalue weighted by molar-refractivity contribution is -0.131. The summed E-state index contributed by atoms with van der Waals surface area (Å²) in [4.78, 5) is 25.7. The number of hydrogen-bond donors (Lipinski definition) is 1. The van der Waals surface area contributed by atoms with Gasteiger partial charge in [0.2, 0.25) is 17.6 Å². The number of hydrogen-bond acceptors (Lipinski definition) is 5. The lowest BCUT2D eigenvalue weighted by Gasteiger charge is -2.10. The fraction of sp³-hybridized carbons (Fsp3) is 0.357. The fourth-order valence-electron chi connectivity index (χ4n) is 1.76. The molecular formula is C14H18N6O2. The van der Waals surface area contributed by atoms with E-state index in [9.17, 15) is 9.59 Å². The number of benzene rings is 1. The molecule has 0 bridgehead atoms. The van der Waals surface area contributed by atoms with Crippen LogP contribution in [0.5, 0.6) is 0 Å². The van der Waals surface area contributed by atoms with Crippen LogP contribution < -0.4 is 5.32 Å². The molecule has 1 N–H and O–H groups in total. The Hall–Kier alpha value is -2.77. The topological polar surface area (TPSA) is 93.0 Å². The second-order valence-corrected chi connectivity index (χ2v) is 5.02. The summed E-state index contributed by atoms with van der Waals surface area (Å²) in [5.41, 5.74) is 1.90. The lowest BCUT2D eigenvalue weighted by atomic mass is 10.1. The van der Waals surface area contributed by atoms with Crippen molar-refractivity contribution in [2.24, 2.45) is 0 Å². The standard InChI is InChI=1S/C14H18N6O2/c1-10-6-4-5-7-11(10)14-16-18-20(17-14)9-12(21)15-8-13(22)19(2)3/h4-7H,8-9H2,1-3H3,(H,15,21). The van der Waals surface area contributed by atoms with Gasteiger partial charge in [0.05, 0.1) is 6.54 Å². The summed E-state index contributed by atoms with van der Waals surface area (Å²) in [6.07, 6.45) is 0. The van der Waals surface area contributed by atoms with Gasteiger partial charge in [0.1, 0.15) is 6.54 Å². The summed E-state index contributed by atoms with van der Waals surface area (Å²) < 4.78 is 0. The molecule has 0 fully saturated rings. The third-order valence-electron chi connectivity index (χ3n) is 3.06. The Morgan fingerprint density at radius 2 is 2.00 bits per heavy atom. The first kappa shape index (κ1) is 15.6. The normalized spacial score (nSPS) is 10.3. The van der Waals surface area contributed by atoms with Crippen LogP contribution in [0.2, 0.25) is 0 Å². The number of aromatic nitrogens is 4. The van der Waals surface area contributed by atoms with Gasteiger partial charge in [-0.2, -0.15) is 4.80 Å². The number of carbonyl (C=O) groups excluding carboxylic acids is 2. The van der Waals surface area contributed by atoms with Gasteiger partial charge in [-0.15, -0.1) is 10.2 Å². The molecule has 0 aliphatic carbocycles. The number of likely N-dealkylation sites (N-methyl/N-ethyl adjacent to an activating group) is 1. The summed E-state index contributed by atoms with van der Waals surface area (Å²) in [5, 5.41) is 14.5. The zero-order valence-electron chi connectivity index (χ0n) is 12.8. The van der Waals surface area contributed by atoms with Crippen LogP contribution in [-0.4, -0.2) is 57.6 Å². The molecule has 8 heteroatoms. The van der Waals surface area contributed by atoms with Crippen LogP contribution in [0.1, 0.15) is 5.56 Å². The number of amides is 2. The van der Waals surface area contributed by atoms with Crippen molar-refractivity contribution in [2.45, 2.75) is 13.5 Å². The highest BCUT2D eigenvalue weighted by atomic mass is 16.2. The third kappa shape index (κ3) is 3.87. The van der Waals surface area contributed by atoms with E-state index in [0.717, 1.165) is 11.1 Å². The molecule has 0 saturated carbocycles. The van der Waals surface area contributed by atoms with E-state index in [-0.39, 0.29) is 24.9 Å². The molecule has 0 radical (unpaired) electrons. The quantitative estimate of drug-likeness (QED) is 0.829. The predicted molar refractivity (Wildman–Crippen MR) is 79.7 cm³/mol. The maximum atomic E-state index is 11.7. The van der Waals surface area contributed by atoms with Crippen LogP contribution in [0.25, 0.3) is 11.4 Å². The van der Waals surface area contributed by atoms with Gasteiger partial charge in [-0.3, -0.25) is 9.59 Å². The van der Waals surface area contributed by atoms with E-state index in [4.69, 9.17) is 0 Å². The Labute approximate surface area is 128 Å². The highest BCUT2D eigenvalue weighted by Gasteiger charge is 2.12. The third-order valence-corrected chi connectivity index (χ3v) is 3.06. The molecule has 1 aromatic carbocycles. The van der Waals surface area contributed by atoms with Crippen LogP contribution >= 0.6 is 0 Å². The molecule has 0 aliphatic heterocycles. The van der Waals surface area contributed by atoms with Crippen molar-refractivity contribution in [2.75, 3.05) is 20.6 Å². The molecule has 0 saturated heterocycles. The average molecular weight is 302 g/mol. The molecule has 0 spiro atoms. The molecule has 116 valence electrons. The molecule has 1 heterocycles. The van der Waals surface area contributed by atoms with E-state index in [1.807, 2.05) is 31.2 Å². The van der Waals surface area contributed by atoms with Gasteiger partial charge in [0, 0.05) is 19.7 Å². The van der Waals surface area contributed by atoms with Crippen molar-refractivity contribution >= 4 is 11.8 Å². The molecule has 0 atom stereocenters. The molecule has 1 aromatic heterocycles. The summed E-state index contributed by atoms with van der Waals surface area (Å²) >= 11 is 0. The van der Waals surface area contributed by atoms with E-state index in [0.29, 0.717) is 5.82 Å². The van der Waals surface area contributed by atoms with Crippen LogP contribution in [-0.2, 0) is 16.1 Å². The number of rotatable bonds is 5. The van der Waals surface area contributed by atoms with E-state index >= 15 is 0 Å². The van der Waals surface area contributed by atoms with Crippen LogP contribution in [0.15, 0.2) is 24.3 Å². The van der Waals surface area contributed by atoms with E-state index in [1.54, 1.807) is 14.1 Å². The first-order chi connectivity index (χ1) is 10.5. The van der Waals surface area contributed by atoms with Gasteiger partial charge in [-0.05, 0) is 17.7 Å². The fourth-order valence-corrected chi connectivity index (χ4v) is 1.76. The Kier molecular flexibility index (Phi) is 4.82. The van der Waals surface area contributed by atoms with Crippen molar-refractivity contribution in [3.8, 4) is 11.4 Å². The second kappa shape index (κ2) is 6.79. The van der Waals surface area contributed by atoms with E-state index in [1.165, 1.54) is 9.70 Å². The summed E-state index contributed by atoms with van der Waals surface area (Å²) in [6, 6.07) is 7.67. The largest absolute Gasteiger partial charge is 0.347 e. The number of nitrogens with zero attached hydrogens (tertiary/aromatic N) is 5. The maximum absolute atomic E-state index is 11.7. The van der Waals surface area contributed by atoms with Gasteiger partial charge in [-0.25, -0.2) is 0 Å². The number of tetrazole rings is 1. The average Bonchev–Trinajstić information content (AvgIpc) is 2.93. The molecule has 22 heavy (non-hydrogen) atoms.